The minimum absolute atomic E-state index is 0.0428. The second-order valence-corrected chi connectivity index (χ2v) is 5.71. The Hall–Kier alpha value is -1.16. The molecule has 0 aromatic rings. The Morgan fingerprint density at radius 3 is 2.12 bits per heavy atom. The Balaban J connectivity index is 1.74. The third kappa shape index (κ3) is 1.03. The SMILES string of the molecule is O=C1[C@@H]2[C@H]3C=C[C@H]([C@@H]4C[C@H]34)[C@@H]2C(=O)N1CCO. The number of imide groups is 1. The molecule has 2 amide bonds. The Morgan fingerprint density at radius 2 is 1.65 bits per heavy atom. The zero-order valence-electron chi connectivity index (χ0n) is 9.45. The molecule has 6 atom stereocenters. The minimum Gasteiger partial charge on any atom is -0.395 e. The van der Waals surface area contributed by atoms with Crippen molar-refractivity contribution in [2.75, 3.05) is 13.2 Å². The number of aliphatic hydroxyl groups is 1. The molecule has 1 heterocycles. The number of allylic oxidation sites excluding steroid dienone is 2. The smallest absolute Gasteiger partial charge is 0.233 e. The van der Waals surface area contributed by atoms with E-state index in [1.807, 2.05) is 0 Å². The van der Waals surface area contributed by atoms with Crippen molar-refractivity contribution in [3.8, 4) is 0 Å². The van der Waals surface area contributed by atoms with Crippen molar-refractivity contribution >= 4 is 11.8 Å². The van der Waals surface area contributed by atoms with Crippen molar-refractivity contribution in [1.29, 1.82) is 0 Å². The van der Waals surface area contributed by atoms with Crippen molar-refractivity contribution in [3.05, 3.63) is 12.2 Å². The minimum atomic E-state index is -0.132. The molecule has 1 aliphatic heterocycles. The van der Waals surface area contributed by atoms with E-state index < -0.39 is 0 Å². The first-order chi connectivity index (χ1) is 8.24. The van der Waals surface area contributed by atoms with Gasteiger partial charge >= 0.3 is 0 Å². The van der Waals surface area contributed by atoms with Crippen molar-refractivity contribution < 1.29 is 14.7 Å². The molecule has 3 fully saturated rings. The molecule has 17 heavy (non-hydrogen) atoms. The summed E-state index contributed by atoms with van der Waals surface area (Å²) in [6.07, 6.45) is 5.51. The van der Waals surface area contributed by atoms with E-state index in [9.17, 15) is 9.59 Å². The highest BCUT2D eigenvalue weighted by atomic mass is 16.3. The third-order valence-corrected chi connectivity index (χ3v) is 5.08. The van der Waals surface area contributed by atoms with Gasteiger partial charge in [0, 0.05) is 0 Å². The molecule has 0 unspecified atom stereocenters. The first kappa shape index (κ1) is 9.83. The molecular formula is C13H15NO3. The van der Waals surface area contributed by atoms with Gasteiger partial charge in [-0.15, -0.1) is 0 Å². The predicted octanol–water partition coefficient (Wildman–Crippen LogP) is 0.0318. The molecule has 5 aliphatic rings. The molecule has 4 aliphatic carbocycles. The van der Waals surface area contributed by atoms with Gasteiger partial charge in [0.2, 0.25) is 11.8 Å². The second-order valence-electron chi connectivity index (χ2n) is 5.71. The van der Waals surface area contributed by atoms with Crippen molar-refractivity contribution in [3.63, 3.8) is 0 Å². The monoisotopic (exact) mass is 233 g/mol. The molecule has 2 saturated carbocycles. The molecular weight excluding hydrogens is 218 g/mol. The van der Waals surface area contributed by atoms with Crippen LogP contribution in [0, 0.1) is 35.5 Å². The molecule has 4 heteroatoms. The van der Waals surface area contributed by atoms with E-state index >= 15 is 0 Å². The number of hydrogen-bond donors (Lipinski definition) is 1. The molecule has 2 bridgehead atoms. The standard InChI is InChI=1S/C13H15NO3/c15-4-3-14-12(16)10-6-1-2-7(9-5-8(6)9)11(10)13(14)17/h1-2,6-11,15H,3-5H2/t6-,7+,8+,9-,10+,11-. The topological polar surface area (TPSA) is 57.6 Å². The molecule has 4 nitrogen and oxygen atoms in total. The summed E-state index contributed by atoms with van der Waals surface area (Å²) in [5.41, 5.74) is 0. The Bertz CT molecular complexity index is 408. The van der Waals surface area contributed by atoms with E-state index in [-0.39, 0.29) is 48.6 Å². The first-order valence-electron chi connectivity index (χ1n) is 6.38. The second kappa shape index (κ2) is 2.99. The average molecular weight is 233 g/mol. The Kier molecular flexibility index (Phi) is 1.73. The third-order valence-electron chi connectivity index (χ3n) is 5.08. The van der Waals surface area contributed by atoms with Crippen molar-refractivity contribution in [2.45, 2.75) is 6.42 Å². The molecule has 0 spiro atoms. The summed E-state index contributed by atoms with van der Waals surface area (Å²) in [4.78, 5) is 25.8. The van der Waals surface area contributed by atoms with Gasteiger partial charge in [0.15, 0.2) is 0 Å². The molecule has 1 saturated heterocycles. The highest BCUT2D eigenvalue weighted by molar-refractivity contribution is 6.06. The number of β-amino-alcohol motifs (C(OH)–C–C–N with tert-alkyl or cyclic N) is 1. The van der Waals surface area contributed by atoms with Gasteiger partial charge in [0.25, 0.3) is 0 Å². The van der Waals surface area contributed by atoms with Gasteiger partial charge in [0.05, 0.1) is 25.0 Å². The van der Waals surface area contributed by atoms with E-state index in [0.717, 1.165) is 0 Å². The van der Waals surface area contributed by atoms with Gasteiger partial charge < -0.3 is 5.11 Å². The number of carbonyl (C=O) groups is 2. The van der Waals surface area contributed by atoms with Gasteiger partial charge in [-0.25, -0.2) is 0 Å². The molecule has 0 aromatic carbocycles. The fraction of sp³-hybridized carbons (Fsp3) is 0.692. The lowest BCUT2D eigenvalue weighted by Gasteiger charge is -2.37. The van der Waals surface area contributed by atoms with E-state index in [1.165, 1.54) is 11.3 Å². The number of nitrogens with zero attached hydrogens (tertiary/aromatic N) is 1. The number of carbonyl (C=O) groups excluding carboxylic acids is 2. The maximum atomic E-state index is 12.3. The zero-order valence-corrected chi connectivity index (χ0v) is 9.45. The van der Waals surface area contributed by atoms with Gasteiger partial charge in [-0.2, -0.15) is 0 Å². The normalized spacial score (nSPS) is 49.6. The molecule has 5 rings (SSSR count). The molecule has 0 aromatic heterocycles. The van der Waals surface area contributed by atoms with Crippen LogP contribution in [0.1, 0.15) is 6.42 Å². The predicted molar refractivity (Wildman–Crippen MR) is 58.5 cm³/mol. The lowest BCUT2D eigenvalue weighted by Crippen LogP contribution is -2.40. The van der Waals surface area contributed by atoms with Gasteiger partial charge in [-0.05, 0) is 30.1 Å². The number of rotatable bonds is 2. The summed E-state index contributed by atoms with van der Waals surface area (Å²) in [6, 6.07) is 0. The number of likely N-dealkylation sites (tertiary alicyclic amines) is 1. The zero-order chi connectivity index (χ0) is 11.7. The van der Waals surface area contributed by atoms with Gasteiger partial charge in [-0.1, -0.05) is 12.2 Å². The molecule has 1 N–H and O–H groups in total. The molecule has 0 radical (unpaired) electrons. The quantitative estimate of drug-likeness (QED) is 0.541. The highest BCUT2D eigenvalue weighted by Gasteiger charge is 2.66. The molecule has 90 valence electrons. The van der Waals surface area contributed by atoms with Crippen LogP contribution in [0.4, 0.5) is 0 Å². The fourth-order valence-corrected chi connectivity index (χ4v) is 4.34. The van der Waals surface area contributed by atoms with Gasteiger partial charge in [0.1, 0.15) is 0 Å². The lowest BCUT2D eigenvalue weighted by molar-refractivity contribution is -0.140. The van der Waals surface area contributed by atoms with Crippen LogP contribution in [0.15, 0.2) is 12.2 Å². The maximum absolute atomic E-state index is 12.3. The van der Waals surface area contributed by atoms with E-state index in [2.05, 4.69) is 12.2 Å². The van der Waals surface area contributed by atoms with Crippen LogP contribution < -0.4 is 0 Å². The van der Waals surface area contributed by atoms with Crippen LogP contribution >= 0.6 is 0 Å². The van der Waals surface area contributed by atoms with E-state index in [0.29, 0.717) is 11.8 Å². The summed E-state index contributed by atoms with van der Waals surface area (Å²) in [5, 5.41) is 8.94. The fourth-order valence-electron chi connectivity index (χ4n) is 4.34. The van der Waals surface area contributed by atoms with Crippen LogP contribution in [-0.4, -0.2) is 35.0 Å². The van der Waals surface area contributed by atoms with Crippen molar-refractivity contribution in [1.82, 2.24) is 4.90 Å². The van der Waals surface area contributed by atoms with Crippen LogP contribution in [0.25, 0.3) is 0 Å². The van der Waals surface area contributed by atoms with Crippen LogP contribution in [0.2, 0.25) is 0 Å². The summed E-state index contributed by atoms with van der Waals surface area (Å²) in [6.45, 7) is 0.0337. The summed E-state index contributed by atoms with van der Waals surface area (Å²) >= 11 is 0. The largest absolute Gasteiger partial charge is 0.395 e. The van der Waals surface area contributed by atoms with Crippen LogP contribution in [0.5, 0.6) is 0 Å². The van der Waals surface area contributed by atoms with Crippen molar-refractivity contribution in [2.24, 2.45) is 35.5 Å². The maximum Gasteiger partial charge on any atom is 0.233 e. The Labute approximate surface area is 99.3 Å². The Morgan fingerprint density at radius 1 is 1.12 bits per heavy atom. The van der Waals surface area contributed by atoms with Crippen LogP contribution in [-0.2, 0) is 9.59 Å². The number of hydrogen-bond acceptors (Lipinski definition) is 3. The lowest BCUT2D eigenvalue weighted by atomic mass is 9.63. The van der Waals surface area contributed by atoms with E-state index in [1.54, 1.807) is 0 Å². The van der Waals surface area contributed by atoms with Crippen LogP contribution in [0.3, 0.4) is 0 Å². The average Bonchev–Trinajstić information content (AvgIpc) is 3.11. The summed E-state index contributed by atoms with van der Waals surface area (Å²) in [5.74, 6) is 1.55. The number of aliphatic hydroxyl groups excluding tert-OH is 1. The summed E-state index contributed by atoms with van der Waals surface area (Å²) < 4.78 is 0. The van der Waals surface area contributed by atoms with E-state index in [4.69, 9.17) is 5.11 Å². The number of amides is 2. The van der Waals surface area contributed by atoms with Gasteiger partial charge in [-0.3, -0.25) is 14.5 Å². The first-order valence-corrected chi connectivity index (χ1v) is 6.38. The highest BCUT2D eigenvalue weighted by Crippen LogP contribution is 2.65. The summed E-state index contributed by atoms with van der Waals surface area (Å²) in [7, 11) is 0.